The van der Waals surface area contributed by atoms with Gasteiger partial charge in [0.15, 0.2) is 0 Å². The lowest BCUT2D eigenvalue weighted by Crippen LogP contribution is -2.29. The molecule has 0 spiro atoms. The molecule has 0 aromatic carbocycles. The molecule has 1 saturated carbocycles. The Balaban J connectivity index is 1.67. The zero-order valence-electron chi connectivity index (χ0n) is 11.0. The van der Waals surface area contributed by atoms with Crippen LogP contribution in [0.2, 0.25) is 0 Å². The highest BCUT2D eigenvalue weighted by molar-refractivity contribution is 7.17. The van der Waals surface area contributed by atoms with E-state index in [2.05, 4.69) is 41.7 Å². The Hall–Kier alpha value is -0.930. The predicted molar refractivity (Wildman–Crippen MR) is 78.0 cm³/mol. The third-order valence-corrected chi connectivity index (χ3v) is 4.60. The predicted octanol–water partition coefficient (Wildman–Crippen LogP) is 4.14. The molecule has 2 atom stereocenters. The SMILES string of the molecule is CC(CC1CC1)NC(C)c1cnc2ccsc2c1. The van der Waals surface area contributed by atoms with Crippen molar-refractivity contribution in [3.8, 4) is 0 Å². The second kappa shape index (κ2) is 4.98. The fraction of sp³-hybridized carbons (Fsp3) is 0.533. The van der Waals surface area contributed by atoms with Crippen LogP contribution >= 0.6 is 11.3 Å². The Labute approximate surface area is 112 Å². The van der Waals surface area contributed by atoms with Gasteiger partial charge in [-0.3, -0.25) is 4.98 Å². The maximum Gasteiger partial charge on any atom is 0.0809 e. The second-order valence-electron chi connectivity index (χ2n) is 5.54. The summed E-state index contributed by atoms with van der Waals surface area (Å²) in [7, 11) is 0. The molecular weight excluding hydrogens is 240 g/mol. The third-order valence-electron chi connectivity index (χ3n) is 3.74. The van der Waals surface area contributed by atoms with Gasteiger partial charge in [0, 0.05) is 18.3 Å². The minimum atomic E-state index is 0.387. The van der Waals surface area contributed by atoms with E-state index in [-0.39, 0.29) is 0 Å². The summed E-state index contributed by atoms with van der Waals surface area (Å²) in [6.07, 6.45) is 6.20. The molecular formula is C15H20N2S. The Morgan fingerprint density at radius 1 is 1.44 bits per heavy atom. The number of rotatable bonds is 5. The van der Waals surface area contributed by atoms with Crippen LogP contribution in [0.15, 0.2) is 23.7 Å². The molecule has 0 radical (unpaired) electrons. The van der Waals surface area contributed by atoms with Crippen LogP contribution in [0.4, 0.5) is 0 Å². The normalized spacial score (nSPS) is 19.0. The van der Waals surface area contributed by atoms with Crippen molar-refractivity contribution in [3.63, 3.8) is 0 Å². The summed E-state index contributed by atoms with van der Waals surface area (Å²) in [6, 6.07) is 5.34. The van der Waals surface area contributed by atoms with Crippen LogP contribution in [0.1, 0.15) is 44.7 Å². The molecule has 96 valence electrons. The Kier molecular flexibility index (Phi) is 3.35. The van der Waals surface area contributed by atoms with E-state index in [9.17, 15) is 0 Å². The van der Waals surface area contributed by atoms with Crippen molar-refractivity contribution in [2.45, 2.75) is 45.2 Å². The molecule has 2 aromatic heterocycles. The molecule has 3 rings (SSSR count). The first-order valence-corrected chi connectivity index (χ1v) is 7.69. The van der Waals surface area contributed by atoms with Crippen molar-refractivity contribution in [2.24, 2.45) is 5.92 Å². The Morgan fingerprint density at radius 3 is 3.06 bits per heavy atom. The minimum absolute atomic E-state index is 0.387. The molecule has 0 amide bonds. The lowest BCUT2D eigenvalue weighted by molar-refractivity contribution is 0.438. The number of hydrogen-bond donors (Lipinski definition) is 1. The second-order valence-corrected chi connectivity index (χ2v) is 6.49. The summed E-state index contributed by atoms with van der Waals surface area (Å²) in [5.41, 5.74) is 2.41. The van der Waals surface area contributed by atoms with Crippen LogP contribution in [0.3, 0.4) is 0 Å². The van der Waals surface area contributed by atoms with Crippen LogP contribution in [-0.4, -0.2) is 11.0 Å². The van der Waals surface area contributed by atoms with Crippen LogP contribution < -0.4 is 5.32 Å². The van der Waals surface area contributed by atoms with Crippen molar-refractivity contribution in [2.75, 3.05) is 0 Å². The van der Waals surface area contributed by atoms with Gasteiger partial charge in [0.05, 0.1) is 10.2 Å². The average molecular weight is 260 g/mol. The highest BCUT2D eigenvalue weighted by atomic mass is 32.1. The van der Waals surface area contributed by atoms with Gasteiger partial charge < -0.3 is 5.32 Å². The van der Waals surface area contributed by atoms with Crippen molar-refractivity contribution in [1.82, 2.24) is 10.3 Å². The molecule has 18 heavy (non-hydrogen) atoms. The molecule has 1 aliphatic rings. The topological polar surface area (TPSA) is 24.9 Å². The molecule has 2 heterocycles. The van der Waals surface area contributed by atoms with E-state index in [1.165, 1.54) is 29.5 Å². The van der Waals surface area contributed by atoms with Crippen LogP contribution in [-0.2, 0) is 0 Å². The molecule has 1 N–H and O–H groups in total. The van der Waals surface area contributed by atoms with E-state index in [1.807, 2.05) is 6.20 Å². The molecule has 1 aliphatic carbocycles. The smallest absolute Gasteiger partial charge is 0.0809 e. The van der Waals surface area contributed by atoms with E-state index >= 15 is 0 Å². The van der Waals surface area contributed by atoms with E-state index in [0.29, 0.717) is 12.1 Å². The fourth-order valence-corrected chi connectivity index (χ4v) is 3.33. The summed E-state index contributed by atoms with van der Waals surface area (Å²) >= 11 is 1.77. The first-order valence-electron chi connectivity index (χ1n) is 6.81. The van der Waals surface area contributed by atoms with Gasteiger partial charge in [-0.15, -0.1) is 11.3 Å². The molecule has 0 bridgehead atoms. The number of nitrogens with zero attached hydrogens (tertiary/aromatic N) is 1. The molecule has 2 nitrogen and oxygen atoms in total. The Morgan fingerprint density at radius 2 is 2.28 bits per heavy atom. The van der Waals surface area contributed by atoms with Crippen molar-refractivity contribution < 1.29 is 0 Å². The summed E-state index contributed by atoms with van der Waals surface area (Å²) < 4.78 is 1.29. The minimum Gasteiger partial charge on any atom is -0.308 e. The largest absolute Gasteiger partial charge is 0.308 e. The van der Waals surface area contributed by atoms with Crippen molar-refractivity contribution in [1.29, 1.82) is 0 Å². The first-order chi connectivity index (χ1) is 8.72. The van der Waals surface area contributed by atoms with Crippen LogP contribution in [0, 0.1) is 5.92 Å². The zero-order valence-corrected chi connectivity index (χ0v) is 11.8. The summed E-state index contributed by atoms with van der Waals surface area (Å²) in [5.74, 6) is 0.984. The molecule has 0 aliphatic heterocycles. The van der Waals surface area contributed by atoms with Gasteiger partial charge in [-0.25, -0.2) is 0 Å². The van der Waals surface area contributed by atoms with Crippen molar-refractivity contribution in [3.05, 3.63) is 29.3 Å². The van der Waals surface area contributed by atoms with Gasteiger partial charge in [-0.05, 0) is 49.3 Å². The maximum absolute atomic E-state index is 4.51. The van der Waals surface area contributed by atoms with Crippen molar-refractivity contribution >= 4 is 21.6 Å². The number of thiophene rings is 1. The average Bonchev–Trinajstić information content (AvgIpc) is 3.03. The lowest BCUT2D eigenvalue weighted by Gasteiger charge is -2.20. The number of fused-ring (bicyclic) bond motifs is 1. The standard InChI is InChI=1S/C15H20N2S/c1-10(7-12-3-4-12)17-11(2)13-8-15-14(16-9-13)5-6-18-15/h5-6,8-12,17H,3-4,7H2,1-2H3. The summed E-state index contributed by atoms with van der Waals surface area (Å²) in [4.78, 5) is 4.51. The molecule has 3 heteroatoms. The Bertz CT molecular complexity index is 530. The summed E-state index contributed by atoms with van der Waals surface area (Å²) in [6.45, 7) is 4.53. The first kappa shape index (κ1) is 12.1. The highest BCUT2D eigenvalue weighted by Gasteiger charge is 2.24. The van der Waals surface area contributed by atoms with Gasteiger partial charge in [-0.2, -0.15) is 0 Å². The van der Waals surface area contributed by atoms with Gasteiger partial charge in [-0.1, -0.05) is 12.8 Å². The monoisotopic (exact) mass is 260 g/mol. The zero-order chi connectivity index (χ0) is 12.5. The van der Waals surface area contributed by atoms with Gasteiger partial charge >= 0.3 is 0 Å². The van der Waals surface area contributed by atoms with Gasteiger partial charge in [0.25, 0.3) is 0 Å². The molecule has 2 aromatic rings. The lowest BCUT2D eigenvalue weighted by atomic mass is 10.1. The number of pyridine rings is 1. The number of nitrogens with one attached hydrogen (secondary N) is 1. The highest BCUT2D eigenvalue weighted by Crippen LogP contribution is 2.34. The third kappa shape index (κ3) is 2.73. The summed E-state index contributed by atoms with van der Waals surface area (Å²) in [5, 5.41) is 5.80. The van der Waals surface area contributed by atoms with E-state index < -0.39 is 0 Å². The number of aromatic nitrogens is 1. The maximum atomic E-state index is 4.51. The van der Waals surface area contributed by atoms with Crippen LogP contribution in [0.25, 0.3) is 10.2 Å². The van der Waals surface area contributed by atoms with E-state index in [0.717, 1.165) is 11.4 Å². The van der Waals surface area contributed by atoms with E-state index in [1.54, 1.807) is 11.3 Å². The molecule has 0 saturated heterocycles. The molecule has 2 unspecified atom stereocenters. The van der Waals surface area contributed by atoms with E-state index in [4.69, 9.17) is 0 Å². The quantitative estimate of drug-likeness (QED) is 0.874. The van der Waals surface area contributed by atoms with Crippen LogP contribution in [0.5, 0.6) is 0 Å². The van der Waals surface area contributed by atoms with Gasteiger partial charge in [0.1, 0.15) is 0 Å². The number of hydrogen-bond acceptors (Lipinski definition) is 3. The van der Waals surface area contributed by atoms with Gasteiger partial charge in [0.2, 0.25) is 0 Å². The molecule has 1 fully saturated rings. The fourth-order valence-electron chi connectivity index (χ4n) is 2.54.